The zero-order valence-electron chi connectivity index (χ0n) is 12.7. The first-order valence-corrected chi connectivity index (χ1v) is 8.32. The molecule has 23 heavy (non-hydrogen) atoms. The number of aromatic nitrogens is 1. The van der Waals surface area contributed by atoms with E-state index in [1.54, 1.807) is 18.3 Å². The number of carboxylic acids is 1. The number of carbonyl (C=O) groups is 2. The van der Waals surface area contributed by atoms with Crippen LogP contribution in [0.5, 0.6) is 0 Å². The van der Waals surface area contributed by atoms with Crippen molar-refractivity contribution in [2.75, 3.05) is 18.4 Å². The lowest BCUT2D eigenvalue weighted by molar-refractivity contribution is -0.913. The number of carbonyl (C=O) groups excluding carboxylic acids is 2. The van der Waals surface area contributed by atoms with Gasteiger partial charge in [-0.05, 0) is 24.6 Å². The van der Waals surface area contributed by atoms with Crippen molar-refractivity contribution >= 4 is 28.2 Å². The Bertz CT molecular complexity index is 743. The molecule has 120 valence electrons. The molecule has 3 rings (SSSR count). The summed E-state index contributed by atoms with van der Waals surface area (Å²) in [4.78, 5) is 30.1. The second kappa shape index (κ2) is 6.47. The molecule has 1 amide bonds. The van der Waals surface area contributed by atoms with Crippen LogP contribution < -0.4 is 15.3 Å². The van der Waals surface area contributed by atoms with Crippen molar-refractivity contribution in [3.8, 4) is 0 Å². The molecule has 0 radical (unpaired) electrons. The van der Waals surface area contributed by atoms with Gasteiger partial charge in [0.2, 0.25) is 0 Å². The van der Waals surface area contributed by atoms with Crippen LogP contribution in [0.3, 0.4) is 0 Å². The van der Waals surface area contributed by atoms with Crippen molar-refractivity contribution in [2.24, 2.45) is 0 Å². The molecule has 0 saturated carbocycles. The predicted octanol–water partition coefficient (Wildman–Crippen LogP) is -0.280. The van der Waals surface area contributed by atoms with E-state index in [9.17, 15) is 14.7 Å². The highest BCUT2D eigenvalue weighted by atomic mass is 32.1. The molecule has 6 nitrogen and oxygen atoms in total. The fourth-order valence-electron chi connectivity index (χ4n) is 2.81. The minimum Gasteiger partial charge on any atom is -0.545 e. The van der Waals surface area contributed by atoms with E-state index in [4.69, 9.17) is 0 Å². The van der Waals surface area contributed by atoms with Crippen LogP contribution in [0.15, 0.2) is 24.5 Å². The first-order chi connectivity index (χ1) is 11.1. The molecule has 0 aliphatic carbocycles. The number of fused-ring (bicyclic) bond motifs is 1. The molecule has 1 aliphatic heterocycles. The van der Waals surface area contributed by atoms with E-state index in [2.05, 4.69) is 17.2 Å². The van der Waals surface area contributed by atoms with E-state index in [0.717, 1.165) is 30.1 Å². The first kappa shape index (κ1) is 15.6. The van der Waals surface area contributed by atoms with Gasteiger partial charge in [0.1, 0.15) is 11.5 Å². The van der Waals surface area contributed by atoms with Gasteiger partial charge in [-0.3, -0.25) is 9.78 Å². The van der Waals surface area contributed by atoms with Crippen LogP contribution in [0.4, 0.5) is 5.00 Å². The van der Waals surface area contributed by atoms with Crippen molar-refractivity contribution in [3.05, 3.63) is 46.1 Å². The molecule has 0 fully saturated rings. The molecular formula is C16H17N3O3S. The zero-order chi connectivity index (χ0) is 16.4. The number of aromatic carboxylic acids is 1. The largest absolute Gasteiger partial charge is 0.545 e. The highest BCUT2D eigenvalue weighted by Crippen LogP contribution is 2.34. The molecule has 0 bridgehead atoms. The van der Waals surface area contributed by atoms with Gasteiger partial charge in [0.25, 0.3) is 5.91 Å². The quantitative estimate of drug-likeness (QED) is 0.807. The van der Waals surface area contributed by atoms with E-state index in [0.29, 0.717) is 17.0 Å². The summed E-state index contributed by atoms with van der Waals surface area (Å²) >= 11 is 1.34. The highest BCUT2D eigenvalue weighted by molar-refractivity contribution is 7.17. The number of likely N-dealkylation sites (N-methyl/N-ethyl adjacent to an activating group) is 1. The van der Waals surface area contributed by atoms with E-state index in [-0.39, 0.29) is 11.5 Å². The number of rotatable bonds is 4. The van der Waals surface area contributed by atoms with E-state index in [1.807, 2.05) is 0 Å². The Labute approximate surface area is 137 Å². The van der Waals surface area contributed by atoms with Gasteiger partial charge in [0.15, 0.2) is 0 Å². The summed E-state index contributed by atoms with van der Waals surface area (Å²) in [5.74, 6) is -1.59. The maximum atomic E-state index is 12.3. The number of hydrogen-bond acceptors (Lipinski definition) is 5. The molecule has 3 heterocycles. The van der Waals surface area contributed by atoms with Gasteiger partial charge in [0.05, 0.1) is 29.5 Å². The average molecular weight is 331 g/mol. The van der Waals surface area contributed by atoms with Crippen LogP contribution in [0, 0.1) is 0 Å². The lowest BCUT2D eigenvalue weighted by Gasteiger charge is -2.23. The standard InChI is InChI=1S/C16H17N3O3S/c1-2-19-7-5-11-12(9-19)23-15(13(11)16(21)22)18-14(20)10-4-3-6-17-8-10/h3-4,6,8H,2,5,7,9H2,1H3,(H,18,20)(H,21,22). The molecule has 0 aromatic carbocycles. The van der Waals surface area contributed by atoms with Crippen LogP contribution in [0.2, 0.25) is 0 Å². The molecule has 1 unspecified atom stereocenters. The lowest BCUT2D eigenvalue weighted by Crippen LogP contribution is -3.11. The van der Waals surface area contributed by atoms with Gasteiger partial charge in [-0.1, -0.05) is 0 Å². The van der Waals surface area contributed by atoms with Gasteiger partial charge < -0.3 is 20.1 Å². The number of nitrogens with zero attached hydrogens (tertiary/aromatic N) is 1. The number of pyridine rings is 1. The van der Waals surface area contributed by atoms with Crippen LogP contribution in [0.1, 0.15) is 38.1 Å². The molecule has 1 atom stereocenters. The maximum Gasteiger partial charge on any atom is 0.257 e. The second-order valence-corrected chi connectivity index (χ2v) is 6.58. The zero-order valence-corrected chi connectivity index (χ0v) is 13.5. The Morgan fingerprint density at radius 3 is 2.96 bits per heavy atom. The fourth-order valence-corrected chi connectivity index (χ4v) is 4.12. The number of carboxylic acid groups (broad SMARTS) is 1. The SMILES string of the molecule is CC[NH+]1CCc2c(sc(NC(=O)c3cccnc3)c2C(=O)[O-])C1. The maximum absolute atomic E-state index is 12.3. The van der Waals surface area contributed by atoms with Crippen LogP contribution in [-0.2, 0) is 13.0 Å². The summed E-state index contributed by atoms with van der Waals surface area (Å²) in [5, 5.41) is 14.6. The Balaban J connectivity index is 1.92. The number of hydrogen-bond donors (Lipinski definition) is 2. The van der Waals surface area contributed by atoms with Crippen molar-refractivity contribution in [3.63, 3.8) is 0 Å². The highest BCUT2D eigenvalue weighted by Gasteiger charge is 2.27. The van der Waals surface area contributed by atoms with Crippen LogP contribution >= 0.6 is 11.3 Å². The molecule has 0 spiro atoms. The number of anilines is 1. The number of quaternary nitrogens is 1. The molecular weight excluding hydrogens is 314 g/mol. The lowest BCUT2D eigenvalue weighted by atomic mass is 10.0. The smallest absolute Gasteiger partial charge is 0.257 e. The van der Waals surface area contributed by atoms with E-state index in [1.165, 1.54) is 22.4 Å². The molecule has 1 aliphatic rings. The normalized spacial score (nSPS) is 16.7. The van der Waals surface area contributed by atoms with Crippen molar-refractivity contribution < 1.29 is 19.6 Å². The van der Waals surface area contributed by atoms with Crippen molar-refractivity contribution in [1.29, 1.82) is 0 Å². The topological polar surface area (TPSA) is 86.6 Å². The summed E-state index contributed by atoms with van der Waals surface area (Å²) in [7, 11) is 0. The Hall–Kier alpha value is -2.25. The van der Waals surface area contributed by atoms with Crippen LogP contribution in [-0.4, -0.2) is 29.9 Å². The first-order valence-electron chi connectivity index (χ1n) is 7.51. The van der Waals surface area contributed by atoms with Crippen LogP contribution in [0.25, 0.3) is 0 Å². The molecule has 2 N–H and O–H groups in total. The molecule has 7 heteroatoms. The molecule has 2 aromatic heterocycles. The Morgan fingerprint density at radius 2 is 2.30 bits per heavy atom. The fraction of sp³-hybridized carbons (Fsp3) is 0.312. The number of thiophene rings is 1. The summed E-state index contributed by atoms with van der Waals surface area (Å²) in [6, 6.07) is 3.30. The Morgan fingerprint density at radius 1 is 1.48 bits per heavy atom. The van der Waals surface area contributed by atoms with E-state index < -0.39 is 5.97 Å². The number of nitrogens with one attached hydrogen (secondary N) is 2. The summed E-state index contributed by atoms with van der Waals surface area (Å²) in [6.45, 7) is 4.80. The van der Waals surface area contributed by atoms with Gasteiger partial charge in [-0.15, -0.1) is 11.3 Å². The average Bonchev–Trinajstić information content (AvgIpc) is 2.92. The summed E-state index contributed by atoms with van der Waals surface area (Å²) in [6.07, 6.45) is 3.72. The summed E-state index contributed by atoms with van der Waals surface area (Å²) < 4.78 is 0. The predicted molar refractivity (Wildman–Crippen MR) is 84.6 cm³/mol. The van der Waals surface area contributed by atoms with Gasteiger partial charge in [-0.25, -0.2) is 0 Å². The van der Waals surface area contributed by atoms with Gasteiger partial charge in [-0.2, -0.15) is 0 Å². The third-order valence-electron chi connectivity index (χ3n) is 4.08. The van der Waals surface area contributed by atoms with Crippen molar-refractivity contribution in [1.82, 2.24) is 4.98 Å². The van der Waals surface area contributed by atoms with Gasteiger partial charge >= 0.3 is 0 Å². The van der Waals surface area contributed by atoms with Gasteiger partial charge in [0, 0.05) is 24.4 Å². The molecule has 2 aromatic rings. The third kappa shape index (κ3) is 3.11. The second-order valence-electron chi connectivity index (χ2n) is 5.47. The summed E-state index contributed by atoms with van der Waals surface area (Å²) in [5.41, 5.74) is 1.34. The monoisotopic (exact) mass is 331 g/mol. The minimum atomic E-state index is -1.23. The molecule has 0 saturated heterocycles. The van der Waals surface area contributed by atoms with E-state index >= 15 is 0 Å². The van der Waals surface area contributed by atoms with Crippen molar-refractivity contribution in [2.45, 2.75) is 19.9 Å². The number of amides is 1. The third-order valence-corrected chi connectivity index (χ3v) is 5.23. The minimum absolute atomic E-state index is 0.136. The Kier molecular flexibility index (Phi) is 4.40.